The number of amides is 2. The van der Waals surface area contributed by atoms with Crippen LogP contribution in [0.2, 0.25) is 0 Å². The summed E-state index contributed by atoms with van der Waals surface area (Å²) in [6, 6.07) is 12.1. The quantitative estimate of drug-likeness (QED) is 0.635. The normalized spacial score (nSPS) is 10.6. The highest BCUT2D eigenvalue weighted by Gasteiger charge is 2.11. The van der Waals surface area contributed by atoms with Crippen LogP contribution < -0.4 is 21.3 Å². The van der Waals surface area contributed by atoms with E-state index < -0.39 is 23.4 Å². The first-order chi connectivity index (χ1) is 13.0. The van der Waals surface area contributed by atoms with Gasteiger partial charge >= 0.3 is 5.76 Å². The van der Waals surface area contributed by atoms with Gasteiger partial charge in [-0.3, -0.25) is 25.0 Å². The number of nitrogens with zero attached hydrogens (tertiary/aromatic N) is 1. The molecule has 0 aliphatic carbocycles. The molecule has 0 unspecified atom stereocenters. The highest BCUT2D eigenvalue weighted by atomic mass is 19.1. The van der Waals surface area contributed by atoms with Crippen molar-refractivity contribution in [2.75, 3.05) is 6.61 Å². The van der Waals surface area contributed by atoms with Crippen LogP contribution in [0.3, 0.4) is 0 Å². The van der Waals surface area contributed by atoms with Crippen molar-refractivity contribution in [2.45, 2.75) is 13.0 Å². The number of benzene rings is 2. The second kappa shape index (κ2) is 8.17. The van der Waals surface area contributed by atoms with Crippen LogP contribution in [0.5, 0.6) is 5.75 Å². The van der Waals surface area contributed by atoms with E-state index in [9.17, 15) is 18.8 Å². The van der Waals surface area contributed by atoms with E-state index in [1.807, 2.05) is 0 Å². The minimum Gasteiger partial charge on any atom is -0.484 e. The molecule has 1 aromatic heterocycles. The number of aryl methyl sites for hydroxylation is 1. The molecule has 0 atom stereocenters. The third-order valence-corrected chi connectivity index (χ3v) is 3.66. The van der Waals surface area contributed by atoms with Crippen LogP contribution in [0, 0.1) is 5.82 Å². The molecule has 0 saturated heterocycles. The number of fused-ring (bicyclic) bond motifs is 1. The highest BCUT2D eigenvalue weighted by molar-refractivity contribution is 5.82. The highest BCUT2D eigenvalue weighted by Crippen LogP contribution is 2.12. The molecule has 27 heavy (non-hydrogen) atoms. The number of nitrogens with one attached hydrogen (secondary N) is 2. The van der Waals surface area contributed by atoms with Gasteiger partial charge in [0.2, 0.25) is 5.91 Å². The number of ether oxygens (including phenoxy) is 1. The van der Waals surface area contributed by atoms with Crippen molar-refractivity contribution >= 4 is 22.9 Å². The van der Waals surface area contributed by atoms with Crippen molar-refractivity contribution in [2.24, 2.45) is 0 Å². The Balaban J connectivity index is 1.44. The van der Waals surface area contributed by atoms with Gasteiger partial charge in [0.15, 0.2) is 12.2 Å². The van der Waals surface area contributed by atoms with E-state index >= 15 is 0 Å². The van der Waals surface area contributed by atoms with Crippen molar-refractivity contribution < 1.29 is 23.1 Å². The van der Waals surface area contributed by atoms with Gasteiger partial charge in [0.25, 0.3) is 5.91 Å². The molecule has 0 bridgehead atoms. The predicted molar refractivity (Wildman–Crippen MR) is 93.3 cm³/mol. The second-order valence-corrected chi connectivity index (χ2v) is 5.58. The van der Waals surface area contributed by atoms with Crippen molar-refractivity contribution in [3.05, 3.63) is 64.9 Å². The molecular weight excluding hydrogens is 357 g/mol. The Bertz CT molecular complexity index is 1010. The molecule has 9 heteroatoms. The summed E-state index contributed by atoms with van der Waals surface area (Å²) >= 11 is 0. The molecule has 1 heterocycles. The van der Waals surface area contributed by atoms with E-state index in [-0.39, 0.29) is 19.6 Å². The number of aromatic nitrogens is 1. The first-order valence-corrected chi connectivity index (χ1v) is 8.07. The molecule has 3 aromatic rings. The lowest BCUT2D eigenvalue weighted by Crippen LogP contribution is -2.44. The second-order valence-electron chi connectivity index (χ2n) is 5.58. The predicted octanol–water partition coefficient (Wildman–Crippen LogP) is 1.35. The zero-order valence-electron chi connectivity index (χ0n) is 14.1. The van der Waals surface area contributed by atoms with Crippen LogP contribution in [0.4, 0.5) is 4.39 Å². The molecule has 2 amide bonds. The van der Waals surface area contributed by atoms with Gasteiger partial charge in [0, 0.05) is 13.0 Å². The van der Waals surface area contributed by atoms with E-state index in [0.29, 0.717) is 16.8 Å². The van der Waals surface area contributed by atoms with Gasteiger partial charge in [-0.15, -0.1) is 0 Å². The van der Waals surface area contributed by atoms with Crippen LogP contribution in [0.15, 0.2) is 57.7 Å². The van der Waals surface area contributed by atoms with Crippen molar-refractivity contribution in [1.82, 2.24) is 15.4 Å². The topological polar surface area (TPSA) is 103 Å². The number of hydrazine groups is 1. The number of hydrogen-bond acceptors (Lipinski definition) is 5. The van der Waals surface area contributed by atoms with Crippen molar-refractivity contribution in [3.8, 4) is 5.75 Å². The summed E-state index contributed by atoms with van der Waals surface area (Å²) in [4.78, 5) is 35.3. The fraction of sp³-hybridized carbons (Fsp3) is 0.167. The number of carbonyl (C=O) groups excluding carboxylic acids is 2. The van der Waals surface area contributed by atoms with Gasteiger partial charge in [0.1, 0.15) is 11.6 Å². The molecule has 0 fully saturated rings. The molecule has 0 radical (unpaired) electrons. The molecule has 0 spiro atoms. The average molecular weight is 373 g/mol. The maximum absolute atomic E-state index is 12.8. The number of rotatable bonds is 6. The Labute approximate surface area is 152 Å². The standard InChI is InChI=1S/C18H16FN3O5/c19-12-5-7-13(8-6-12)26-11-17(24)21-20-16(23)9-10-22-14-3-1-2-4-15(14)27-18(22)25/h1-8H,9-11H2,(H,20,23)(H,21,24). The first kappa shape index (κ1) is 18.2. The van der Waals surface area contributed by atoms with E-state index in [1.54, 1.807) is 24.3 Å². The minimum atomic E-state index is -0.585. The molecule has 8 nitrogen and oxygen atoms in total. The number of para-hydroxylation sites is 2. The molecule has 140 valence electrons. The van der Waals surface area contributed by atoms with E-state index in [0.717, 1.165) is 0 Å². The van der Waals surface area contributed by atoms with E-state index in [2.05, 4.69) is 10.9 Å². The lowest BCUT2D eigenvalue weighted by atomic mass is 10.3. The van der Waals surface area contributed by atoms with Crippen LogP contribution in [-0.2, 0) is 16.1 Å². The summed E-state index contributed by atoms with van der Waals surface area (Å²) < 4.78 is 24.3. The largest absolute Gasteiger partial charge is 0.484 e. The van der Waals surface area contributed by atoms with Gasteiger partial charge in [-0.25, -0.2) is 9.18 Å². The van der Waals surface area contributed by atoms with Gasteiger partial charge in [0.05, 0.1) is 5.52 Å². The molecule has 2 aromatic carbocycles. The average Bonchev–Trinajstić information content (AvgIpc) is 2.99. The zero-order chi connectivity index (χ0) is 19.2. The van der Waals surface area contributed by atoms with Gasteiger partial charge in [-0.1, -0.05) is 12.1 Å². The summed E-state index contributed by atoms with van der Waals surface area (Å²) in [5.74, 6) is -1.71. The summed E-state index contributed by atoms with van der Waals surface area (Å²) in [6.45, 7) is -0.249. The van der Waals surface area contributed by atoms with Crippen molar-refractivity contribution in [1.29, 1.82) is 0 Å². The van der Waals surface area contributed by atoms with Gasteiger partial charge < -0.3 is 9.15 Å². The van der Waals surface area contributed by atoms with Gasteiger partial charge in [-0.05, 0) is 36.4 Å². The summed E-state index contributed by atoms with van der Waals surface area (Å²) in [5, 5.41) is 0. The Hall–Kier alpha value is -3.62. The smallest absolute Gasteiger partial charge is 0.419 e. The van der Waals surface area contributed by atoms with Crippen LogP contribution in [0.1, 0.15) is 6.42 Å². The van der Waals surface area contributed by atoms with Crippen LogP contribution >= 0.6 is 0 Å². The fourth-order valence-electron chi connectivity index (χ4n) is 2.36. The lowest BCUT2D eigenvalue weighted by molar-refractivity contribution is -0.130. The maximum atomic E-state index is 12.8. The maximum Gasteiger partial charge on any atom is 0.419 e. The number of halogens is 1. The fourth-order valence-corrected chi connectivity index (χ4v) is 2.36. The minimum absolute atomic E-state index is 0.0392. The SMILES string of the molecule is O=C(CCn1c(=O)oc2ccccc21)NNC(=O)COc1ccc(F)cc1. The summed E-state index contributed by atoms with van der Waals surface area (Å²) in [5.41, 5.74) is 5.46. The Morgan fingerprint density at radius 2 is 1.74 bits per heavy atom. The van der Waals surface area contributed by atoms with Crippen molar-refractivity contribution in [3.63, 3.8) is 0 Å². The van der Waals surface area contributed by atoms with Crippen LogP contribution in [0.25, 0.3) is 11.1 Å². The Morgan fingerprint density at radius 1 is 1.04 bits per heavy atom. The molecule has 2 N–H and O–H groups in total. The molecular formula is C18H16FN3O5. The summed E-state index contributed by atoms with van der Waals surface area (Å²) in [6.07, 6.45) is -0.0392. The Kier molecular flexibility index (Phi) is 5.50. The molecule has 0 saturated carbocycles. The number of hydrogen-bond donors (Lipinski definition) is 2. The third-order valence-electron chi connectivity index (χ3n) is 3.66. The lowest BCUT2D eigenvalue weighted by Gasteiger charge is -2.09. The third kappa shape index (κ3) is 4.72. The van der Waals surface area contributed by atoms with E-state index in [4.69, 9.17) is 9.15 Å². The zero-order valence-corrected chi connectivity index (χ0v) is 14.1. The van der Waals surface area contributed by atoms with Crippen LogP contribution in [-0.4, -0.2) is 23.0 Å². The Morgan fingerprint density at radius 3 is 2.52 bits per heavy atom. The van der Waals surface area contributed by atoms with E-state index in [1.165, 1.54) is 28.8 Å². The first-order valence-electron chi connectivity index (χ1n) is 8.07. The summed E-state index contributed by atoms with van der Waals surface area (Å²) in [7, 11) is 0. The monoisotopic (exact) mass is 373 g/mol. The molecule has 0 aliphatic heterocycles. The molecule has 3 rings (SSSR count). The van der Waals surface area contributed by atoms with Gasteiger partial charge in [-0.2, -0.15) is 0 Å². The molecule has 0 aliphatic rings. The number of oxazole rings is 1. The number of carbonyl (C=O) groups is 2.